The molecule has 256 valence electrons. The van der Waals surface area contributed by atoms with Gasteiger partial charge in [-0.25, -0.2) is 9.97 Å². The summed E-state index contributed by atoms with van der Waals surface area (Å²) < 4.78 is 20.5. The lowest BCUT2D eigenvalue weighted by Gasteiger charge is -2.28. The molecule has 11 heteroatoms. The van der Waals surface area contributed by atoms with Gasteiger partial charge in [-0.05, 0) is 42.0 Å². The van der Waals surface area contributed by atoms with Gasteiger partial charge in [0.15, 0.2) is 28.6 Å². The summed E-state index contributed by atoms with van der Waals surface area (Å²) in [6.07, 6.45) is 4.51. The smallest absolute Gasteiger partial charge is 0.249 e. The average Bonchev–Trinajstić information content (AvgIpc) is 3.95. The molecule has 0 saturated carbocycles. The molecule has 0 radical (unpaired) electrons. The van der Waals surface area contributed by atoms with Crippen LogP contribution < -0.4 is 15.4 Å². The van der Waals surface area contributed by atoms with E-state index in [-0.39, 0.29) is 23.4 Å². The van der Waals surface area contributed by atoms with Crippen LogP contribution in [-0.4, -0.2) is 38.0 Å². The number of fused-ring (bicyclic) bond motifs is 7. The van der Waals surface area contributed by atoms with Gasteiger partial charge in [-0.3, -0.25) is 9.59 Å². The number of hydrogen-bond donors (Lipinski definition) is 3. The molecule has 4 aliphatic heterocycles. The molecule has 0 aliphatic carbocycles. The Morgan fingerprint density at radius 3 is 2.76 bits per heavy atom. The number of aromatic nitrogens is 3. The van der Waals surface area contributed by atoms with Gasteiger partial charge in [0, 0.05) is 63.1 Å². The van der Waals surface area contributed by atoms with Crippen molar-refractivity contribution in [3.8, 4) is 39.8 Å². The summed E-state index contributed by atoms with van der Waals surface area (Å²) in [7, 11) is 0. The second-order valence-corrected chi connectivity index (χ2v) is 15.4. The third-order valence-electron chi connectivity index (χ3n) is 10.8. The maximum absolute atomic E-state index is 14.2. The first kappa shape index (κ1) is 30.5. The van der Waals surface area contributed by atoms with Gasteiger partial charge in [0.2, 0.25) is 17.7 Å². The van der Waals surface area contributed by atoms with Crippen LogP contribution in [0.4, 0.5) is 5.69 Å². The molecular formula is C40H35N5O5S. The highest BCUT2D eigenvalue weighted by Gasteiger charge is 2.61. The Kier molecular flexibility index (Phi) is 6.65. The van der Waals surface area contributed by atoms with Gasteiger partial charge in [0.1, 0.15) is 17.2 Å². The van der Waals surface area contributed by atoms with Crippen LogP contribution in [0.2, 0.25) is 0 Å². The van der Waals surface area contributed by atoms with Crippen LogP contribution in [0, 0.1) is 11.8 Å². The Morgan fingerprint density at radius 1 is 1.04 bits per heavy atom. The summed E-state index contributed by atoms with van der Waals surface area (Å²) in [6, 6.07) is 18.1. The first-order valence-electron chi connectivity index (χ1n) is 17.6. The topological polar surface area (TPSA) is 135 Å². The number of ether oxygens (including phenoxy) is 1. The number of aromatic amines is 1. The summed E-state index contributed by atoms with van der Waals surface area (Å²) in [5.74, 6) is 2.34. The number of amides is 1. The zero-order valence-electron chi connectivity index (χ0n) is 28.3. The van der Waals surface area contributed by atoms with Crippen molar-refractivity contribution in [1.29, 1.82) is 0 Å². The lowest BCUT2D eigenvalue weighted by molar-refractivity contribution is -0.128. The predicted molar refractivity (Wildman–Crippen MR) is 194 cm³/mol. The molecule has 1 unspecified atom stereocenters. The molecule has 10 rings (SSSR count). The van der Waals surface area contributed by atoms with Crippen LogP contribution in [0.3, 0.4) is 0 Å². The normalized spacial score (nSPS) is 22.1. The van der Waals surface area contributed by atoms with E-state index in [2.05, 4.69) is 58.1 Å². The maximum atomic E-state index is 14.2. The van der Waals surface area contributed by atoms with Crippen molar-refractivity contribution in [2.45, 2.75) is 57.7 Å². The highest BCUT2D eigenvalue weighted by Crippen LogP contribution is 2.61. The number of oxazole rings is 2. The highest BCUT2D eigenvalue weighted by molar-refractivity contribution is 8.13. The number of carbonyl (C=O) groups excluding carboxylic acids is 2. The van der Waals surface area contributed by atoms with Gasteiger partial charge in [-0.15, -0.1) is 0 Å². The molecule has 1 amide bonds. The van der Waals surface area contributed by atoms with E-state index in [1.54, 1.807) is 6.20 Å². The van der Waals surface area contributed by atoms with Crippen molar-refractivity contribution < 1.29 is 23.2 Å². The van der Waals surface area contributed by atoms with E-state index in [1.165, 1.54) is 11.8 Å². The highest BCUT2D eigenvalue weighted by atomic mass is 32.2. The van der Waals surface area contributed by atoms with Gasteiger partial charge >= 0.3 is 0 Å². The Balaban J connectivity index is 1.28. The molecule has 10 nitrogen and oxygen atoms in total. The fourth-order valence-electron chi connectivity index (χ4n) is 8.45. The third kappa shape index (κ3) is 4.30. The molecule has 3 N–H and O–H groups in total. The average molecular weight is 698 g/mol. The minimum absolute atomic E-state index is 0.0128. The van der Waals surface area contributed by atoms with E-state index < -0.39 is 23.6 Å². The molecule has 4 atom stereocenters. The van der Waals surface area contributed by atoms with Crippen LogP contribution in [-0.2, 0) is 21.4 Å². The fourth-order valence-corrected chi connectivity index (χ4v) is 9.20. The second kappa shape index (κ2) is 11.1. The predicted octanol–water partition coefficient (Wildman–Crippen LogP) is 7.98. The molecule has 10 bridgehead atoms. The van der Waals surface area contributed by atoms with E-state index in [0.717, 1.165) is 62.1 Å². The number of rotatable bonds is 5. The van der Waals surface area contributed by atoms with Crippen molar-refractivity contribution in [1.82, 2.24) is 20.3 Å². The molecule has 7 heterocycles. The van der Waals surface area contributed by atoms with Gasteiger partial charge in [0.25, 0.3) is 0 Å². The van der Waals surface area contributed by atoms with Crippen molar-refractivity contribution in [2.24, 2.45) is 11.8 Å². The molecule has 51 heavy (non-hydrogen) atoms. The number of para-hydroxylation sites is 1. The molecule has 3 aromatic carbocycles. The number of nitrogens with one attached hydrogen (secondary N) is 3. The van der Waals surface area contributed by atoms with Crippen molar-refractivity contribution in [3.63, 3.8) is 0 Å². The minimum Gasteiger partial charge on any atom is -0.469 e. The number of anilines is 1. The molecule has 3 aromatic heterocycles. The Labute approximate surface area is 297 Å². The van der Waals surface area contributed by atoms with Gasteiger partial charge in [-0.1, -0.05) is 75.0 Å². The van der Waals surface area contributed by atoms with Crippen LogP contribution in [0.15, 0.2) is 75.8 Å². The fraction of sp³-hybridized carbons (Fsp3) is 0.300. The standard InChI is InChI=1S/C40H35N5O5S/c1-4-13-51-30(46)16-21-14-20-11-12-28-26(15-20)40-25-9-5-8-23(33(25)45-39(40)49-28)22-7-6-10-27-31(22)24(17-41-27)29-18-42-37(48-29)34-35(40)50-38(44-34)32(19(2)3)43-36(21)47/h5-12,15,17-19,21,32,39,41,45H,4,13-14,16H2,1-3H3,(H,43,47)/t21-,32+,39+,40?/m1/s1. The van der Waals surface area contributed by atoms with Crippen molar-refractivity contribution in [2.75, 3.05) is 11.1 Å². The monoisotopic (exact) mass is 697 g/mol. The second-order valence-electron chi connectivity index (χ2n) is 14.3. The SMILES string of the molecule is CCCSC(=O)C[C@H]1Cc2ccc3c(c2)C24c5cccc(c5N[C@H]2O3)-c2cccc3[nH]cc(c23)-c2cnc(o2)-c2nc(oc24)[C@H](C(C)C)NC1=O. The summed E-state index contributed by atoms with van der Waals surface area (Å²) in [5.41, 5.74) is 7.14. The minimum atomic E-state index is -0.993. The van der Waals surface area contributed by atoms with E-state index in [0.29, 0.717) is 41.2 Å². The third-order valence-corrected chi connectivity index (χ3v) is 11.9. The first-order chi connectivity index (χ1) is 24.8. The molecule has 6 aromatic rings. The number of nitrogens with zero attached hydrogens (tertiary/aromatic N) is 2. The van der Waals surface area contributed by atoms with Crippen molar-refractivity contribution in [3.05, 3.63) is 95.3 Å². The zero-order chi connectivity index (χ0) is 34.6. The van der Waals surface area contributed by atoms with E-state index >= 15 is 0 Å². The summed E-state index contributed by atoms with van der Waals surface area (Å²) in [5, 5.41) is 8.08. The molecule has 0 fully saturated rings. The quantitative estimate of drug-likeness (QED) is 0.164. The molecule has 4 aliphatic rings. The van der Waals surface area contributed by atoms with E-state index in [1.807, 2.05) is 39.1 Å². The largest absolute Gasteiger partial charge is 0.469 e. The number of hydrogen-bond acceptors (Lipinski definition) is 9. The van der Waals surface area contributed by atoms with Gasteiger partial charge in [-0.2, -0.15) is 0 Å². The summed E-state index contributed by atoms with van der Waals surface area (Å²) in [6.45, 7) is 6.10. The van der Waals surface area contributed by atoms with E-state index in [9.17, 15) is 9.59 Å². The molecule has 1 spiro atoms. The lowest BCUT2D eigenvalue weighted by Crippen LogP contribution is -2.40. The van der Waals surface area contributed by atoms with Crippen molar-refractivity contribution >= 4 is 39.4 Å². The van der Waals surface area contributed by atoms with Gasteiger partial charge < -0.3 is 29.2 Å². The summed E-state index contributed by atoms with van der Waals surface area (Å²) >= 11 is 1.29. The van der Waals surface area contributed by atoms with Crippen LogP contribution >= 0.6 is 11.8 Å². The Morgan fingerprint density at radius 2 is 1.90 bits per heavy atom. The van der Waals surface area contributed by atoms with Crippen LogP contribution in [0.5, 0.6) is 5.75 Å². The number of H-pyrrole nitrogens is 1. The molecular weight excluding hydrogens is 663 g/mol. The Hall–Kier alpha value is -5.29. The van der Waals surface area contributed by atoms with Crippen LogP contribution in [0.25, 0.3) is 44.9 Å². The van der Waals surface area contributed by atoms with E-state index in [4.69, 9.17) is 23.5 Å². The molecule has 0 saturated heterocycles. The number of carbonyl (C=O) groups is 2. The zero-order valence-corrected chi connectivity index (χ0v) is 29.1. The Bertz CT molecular complexity index is 2420. The maximum Gasteiger partial charge on any atom is 0.249 e. The number of thioether (sulfide) groups is 1. The van der Waals surface area contributed by atoms with Gasteiger partial charge in [0.05, 0.1) is 6.20 Å². The summed E-state index contributed by atoms with van der Waals surface area (Å²) in [4.78, 5) is 40.7. The van der Waals surface area contributed by atoms with Crippen LogP contribution in [0.1, 0.15) is 68.0 Å². The first-order valence-corrected chi connectivity index (χ1v) is 18.6. The lowest BCUT2D eigenvalue weighted by atomic mass is 9.72. The number of benzene rings is 3.